The highest BCUT2D eigenvalue weighted by molar-refractivity contribution is 6.31. The average molecular weight is 450 g/mol. The van der Waals surface area contributed by atoms with Gasteiger partial charge in [-0.3, -0.25) is 4.79 Å². The van der Waals surface area contributed by atoms with Gasteiger partial charge in [-0.05, 0) is 70.0 Å². The minimum absolute atomic E-state index is 0.0206. The Balaban J connectivity index is 2.05. The topological polar surface area (TPSA) is 65.4 Å². The summed E-state index contributed by atoms with van der Waals surface area (Å²) in [4.78, 5) is 15.2. The van der Waals surface area contributed by atoms with Crippen molar-refractivity contribution in [3.63, 3.8) is 0 Å². The third kappa shape index (κ3) is 4.37. The number of hydrogen-bond acceptors (Lipinski definition) is 4. The van der Waals surface area contributed by atoms with Crippen LogP contribution in [-0.2, 0) is 4.79 Å². The van der Waals surface area contributed by atoms with Crippen LogP contribution >= 0.6 is 11.6 Å². The second-order valence-electron chi connectivity index (χ2n) is 8.37. The average Bonchev–Trinajstić information content (AvgIpc) is 2.74. The van der Waals surface area contributed by atoms with Gasteiger partial charge in [-0.25, -0.2) is 0 Å². The van der Waals surface area contributed by atoms with Crippen molar-refractivity contribution in [2.24, 2.45) is 0 Å². The van der Waals surface area contributed by atoms with Crippen LogP contribution in [0.25, 0.3) is 11.6 Å². The number of carbonyl (C=O) groups is 1. The minimum Gasteiger partial charge on any atom is -0.496 e. The zero-order chi connectivity index (χ0) is 23.6. The Hall–Kier alpha value is -3.23. The molecule has 2 aromatic carbocycles. The van der Waals surface area contributed by atoms with E-state index in [-0.39, 0.29) is 11.1 Å². The molecule has 0 radical (unpaired) electrons. The van der Waals surface area contributed by atoms with Crippen molar-refractivity contribution in [3.8, 4) is 11.8 Å². The third-order valence-electron chi connectivity index (χ3n) is 5.83. The smallest absolute Gasteiger partial charge is 0.266 e. The van der Waals surface area contributed by atoms with E-state index >= 15 is 0 Å². The van der Waals surface area contributed by atoms with Crippen LogP contribution in [0.4, 0.5) is 11.4 Å². The zero-order valence-corrected chi connectivity index (χ0v) is 20.1. The molecular weight excluding hydrogens is 422 g/mol. The summed E-state index contributed by atoms with van der Waals surface area (Å²) in [6.07, 6.45) is 3.80. The molecule has 1 amide bonds. The number of hydrogen-bond donors (Lipinski definition) is 1. The summed E-state index contributed by atoms with van der Waals surface area (Å²) in [6.45, 7) is 11.2. The van der Waals surface area contributed by atoms with E-state index in [2.05, 4.69) is 44.0 Å². The molecule has 0 aromatic heterocycles. The molecule has 0 saturated heterocycles. The summed E-state index contributed by atoms with van der Waals surface area (Å²) in [5, 5.41) is 13.0. The molecule has 0 aliphatic carbocycles. The van der Waals surface area contributed by atoms with E-state index in [1.54, 1.807) is 31.4 Å². The van der Waals surface area contributed by atoms with Gasteiger partial charge in [-0.15, -0.1) is 0 Å². The molecule has 166 valence electrons. The monoisotopic (exact) mass is 449 g/mol. The lowest BCUT2D eigenvalue weighted by atomic mass is 9.87. The number of nitrogens with zero attached hydrogens (tertiary/aromatic N) is 2. The largest absolute Gasteiger partial charge is 0.496 e. The quantitative estimate of drug-likeness (QED) is 0.434. The van der Waals surface area contributed by atoms with Crippen molar-refractivity contribution in [1.29, 1.82) is 5.26 Å². The van der Waals surface area contributed by atoms with E-state index < -0.39 is 5.91 Å². The fourth-order valence-electron chi connectivity index (χ4n) is 4.23. The number of amides is 1. The van der Waals surface area contributed by atoms with E-state index in [1.165, 1.54) is 0 Å². The first-order valence-corrected chi connectivity index (χ1v) is 10.9. The van der Waals surface area contributed by atoms with Crippen LogP contribution in [0.5, 0.6) is 5.75 Å². The summed E-state index contributed by atoms with van der Waals surface area (Å²) in [5.74, 6) is 0.105. The summed E-state index contributed by atoms with van der Waals surface area (Å²) in [7, 11) is 1.59. The Morgan fingerprint density at radius 3 is 2.66 bits per heavy atom. The minimum atomic E-state index is -0.499. The number of benzene rings is 2. The van der Waals surface area contributed by atoms with Crippen LogP contribution in [0, 0.1) is 18.3 Å². The number of likely N-dealkylation sites (N-methyl/N-ethyl adjacent to an activating group) is 1. The van der Waals surface area contributed by atoms with Gasteiger partial charge < -0.3 is 15.0 Å². The molecule has 0 atom stereocenters. The third-order valence-corrected chi connectivity index (χ3v) is 6.24. The predicted molar refractivity (Wildman–Crippen MR) is 132 cm³/mol. The lowest BCUT2D eigenvalue weighted by molar-refractivity contribution is -0.112. The van der Waals surface area contributed by atoms with Gasteiger partial charge in [0.25, 0.3) is 5.91 Å². The van der Waals surface area contributed by atoms with E-state index in [9.17, 15) is 10.1 Å². The maximum Gasteiger partial charge on any atom is 0.266 e. The Labute approximate surface area is 194 Å². The molecule has 5 nitrogen and oxygen atoms in total. The molecule has 2 aromatic rings. The number of halogens is 1. The lowest BCUT2D eigenvalue weighted by Gasteiger charge is -2.43. The highest BCUT2D eigenvalue weighted by Gasteiger charge is 2.31. The van der Waals surface area contributed by atoms with E-state index in [0.717, 1.165) is 28.9 Å². The number of ether oxygens (including phenoxy) is 1. The number of fused-ring (bicyclic) bond motifs is 1. The number of anilines is 2. The van der Waals surface area contributed by atoms with Gasteiger partial charge in [-0.1, -0.05) is 23.7 Å². The molecule has 3 rings (SSSR count). The predicted octanol–water partition coefficient (Wildman–Crippen LogP) is 6.22. The van der Waals surface area contributed by atoms with Gasteiger partial charge in [0.05, 0.1) is 12.6 Å². The van der Waals surface area contributed by atoms with Crippen LogP contribution in [-0.4, -0.2) is 25.1 Å². The molecule has 1 N–H and O–H groups in total. The van der Waals surface area contributed by atoms with Gasteiger partial charge in [0.15, 0.2) is 0 Å². The molecule has 6 heteroatoms. The molecule has 32 heavy (non-hydrogen) atoms. The summed E-state index contributed by atoms with van der Waals surface area (Å²) >= 11 is 6.15. The summed E-state index contributed by atoms with van der Waals surface area (Å²) in [5.41, 5.74) is 5.11. The van der Waals surface area contributed by atoms with E-state index in [1.807, 2.05) is 25.1 Å². The lowest BCUT2D eigenvalue weighted by Crippen LogP contribution is -2.44. The number of allylic oxidation sites excluding steroid dienone is 1. The molecule has 1 heterocycles. The number of carbonyl (C=O) groups excluding carboxylic acids is 1. The second-order valence-corrected chi connectivity index (χ2v) is 8.78. The highest BCUT2D eigenvalue weighted by Crippen LogP contribution is 2.42. The highest BCUT2D eigenvalue weighted by atomic mass is 35.5. The van der Waals surface area contributed by atoms with Crippen LogP contribution in [0.3, 0.4) is 0 Å². The van der Waals surface area contributed by atoms with Crippen molar-refractivity contribution in [2.75, 3.05) is 23.9 Å². The first kappa shape index (κ1) is 23.4. The number of rotatable bonds is 5. The number of methoxy groups -OCH3 is 1. The standard InChI is InChI=1S/C26H28ClN3O2/c1-7-30-23-13-24(32-6)18(12-20(23)16(2)14-26(30,4)5)11-19(15-28)25(31)29-22-10-8-9-21(27)17(22)3/h8-14H,7H2,1-6H3,(H,29,31)/b19-11+. The molecule has 1 aliphatic heterocycles. The molecule has 0 bridgehead atoms. The van der Waals surface area contributed by atoms with Gasteiger partial charge in [0, 0.05) is 40.1 Å². The Morgan fingerprint density at radius 1 is 1.31 bits per heavy atom. The van der Waals surface area contributed by atoms with E-state index in [4.69, 9.17) is 16.3 Å². The van der Waals surface area contributed by atoms with Gasteiger partial charge in [0.1, 0.15) is 17.4 Å². The molecule has 0 fully saturated rings. The molecule has 0 unspecified atom stereocenters. The summed E-state index contributed by atoms with van der Waals surface area (Å²) in [6, 6.07) is 11.2. The second kappa shape index (κ2) is 9.10. The number of nitriles is 1. The van der Waals surface area contributed by atoms with Crippen molar-refractivity contribution in [2.45, 2.75) is 40.2 Å². The molecule has 1 aliphatic rings. The maximum absolute atomic E-state index is 12.8. The Bertz CT molecular complexity index is 1170. The Kier molecular flexibility index (Phi) is 6.66. The van der Waals surface area contributed by atoms with Crippen molar-refractivity contribution in [3.05, 3.63) is 63.7 Å². The maximum atomic E-state index is 12.8. The van der Waals surface area contributed by atoms with Crippen LogP contribution in [0.2, 0.25) is 5.02 Å². The number of nitrogens with one attached hydrogen (secondary N) is 1. The van der Waals surface area contributed by atoms with Crippen LogP contribution in [0.15, 0.2) is 42.0 Å². The van der Waals surface area contributed by atoms with Crippen molar-refractivity contribution < 1.29 is 9.53 Å². The van der Waals surface area contributed by atoms with Gasteiger partial charge in [0.2, 0.25) is 0 Å². The molecular formula is C26H28ClN3O2. The fraction of sp³-hybridized carbons (Fsp3) is 0.308. The van der Waals surface area contributed by atoms with Crippen molar-refractivity contribution in [1.82, 2.24) is 0 Å². The SMILES string of the molecule is CCN1c2cc(OC)c(/C=C(\C#N)C(=O)Nc3cccc(Cl)c3C)cc2C(C)=CC1(C)C. The normalized spacial score (nSPS) is 14.9. The molecule has 0 spiro atoms. The van der Waals surface area contributed by atoms with E-state index in [0.29, 0.717) is 22.0 Å². The summed E-state index contributed by atoms with van der Waals surface area (Å²) < 4.78 is 5.64. The Morgan fingerprint density at radius 2 is 2.03 bits per heavy atom. The van der Waals surface area contributed by atoms with Crippen LogP contribution < -0.4 is 15.0 Å². The fourth-order valence-corrected chi connectivity index (χ4v) is 4.40. The first-order valence-electron chi connectivity index (χ1n) is 10.5. The van der Waals surface area contributed by atoms with Gasteiger partial charge >= 0.3 is 0 Å². The van der Waals surface area contributed by atoms with Gasteiger partial charge in [-0.2, -0.15) is 5.26 Å². The first-order chi connectivity index (χ1) is 15.1. The molecule has 0 saturated carbocycles. The van der Waals surface area contributed by atoms with Crippen LogP contribution in [0.1, 0.15) is 44.4 Å². The zero-order valence-electron chi connectivity index (χ0n) is 19.3. The van der Waals surface area contributed by atoms with Crippen molar-refractivity contribution >= 4 is 40.5 Å².